The molecule has 1 amide bonds. The van der Waals surface area contributed by atoms with Gasteiger partial charge in [0.25, 0.3) is 5.91 Å². The van der Waals surface area contributed by atoms with E-state index in [4.69, 9.17) is 4.74 Å². The van der Waals surface area contributed by atoms with Crippen molar-refractivity contribution in [3.63, 3.8) is 0 Å². The molecule has 0 aromatic heterocycles. The van der Waals surface area contributed by atoms with Crippen molar-refractivity contribution in [1.29, 1.82) is 0 Å². The summed E-state index contributed by atoms with van der Waals surface area (Å²) in [5.74, 6) is -0.0426. The number of nitrogens with one attached hydrogen (secondary N) is 2. The molecule has 4 nitrogen and oxygen atoms in total. The van der Waals surface area contributed by atoms with Crippen LogP contribution in [0.15, 0.2) is 18.2 Å². The van der Waals surface area contributed by atoms with Crippen molar-refractivity contribution in [3.05, 3.63) is 29.3 Å². The Morgan fingerprint density at radius 1 is 1.35 bits per heavy atom. The van der Waals surface area contributed by atoms with Gasteiger partial charge in [0.2, 0.25) is 0 Å². The minimum absolute atomic E-state index is 0.0426. The first kappa shape index (κ1) is 16.5. The van der Waals surface area contributed by atoms with Gasteiger partial charge in [0, 0.05) is 24.9 Å². The van der Waals surface area contributed by atoms with Crippen LogP contribution in [0.2, 0.25) is 0 Å². The fourth-order valence-corrected chi connectivity index (χ4v) is 1.99. The van der Waals surface area contributed by atoms with E-state index in [1.54, 1.807) is 7.11 Å². The number of methoxy groups -OCH3 is 1. The van der Waals surface area contributed by atoms with Crippen molar-refractivity contribution in [3.8, 4) is 0 Å². The molecule has 0 aliphatic carbocycles. The maximum absolute atomic E-state index is 12.2. The van der Waals surface area contributed by atoms with E-state index in [-0.39, 0.29) is 11.9 Å². The van der Waals surface area contributed by atoms with Crippen LogP contribution in [-0.2, 0) is 4.74 Å². The summed E-state index contributed by atoms with van der Waals surface area (Å²) in [5, 5.41) is 6.34. The predicted molar refractivity (Wildman–Crippen MR) is 83.4 cm³/mol. The van der Waals surface area contributed by atoms with E-state index in [2.05, 4.69) is 17.6 Å². The largest absolute Gasteiger partial charge is 0.385 e. The van der Waals surface area contributed by atoms with Gasteiger partial charge in [-0.2, -0.15) is 0 Å². The molecular weight excluding hydrogens is 252 g/mol. The number of rotatable bonds is 8. The van der Waals surface area contributed by atoms with Crippen LogP contribution >= 0.6 is 0 Å². The molecule has 0 aliphatic heterocycles. The zero-order valence-electron chi connectivity index (χ0n) is 13.0. The van der Waals surface area contributed by atoms with Crippen LogP contribution in [0.3, 0.4) is 0 Å². The molecule has 112 valence electrons. The Morgan fingerprint density at radius 2 is 2.10 bits per heavy atom. The van der Waals surface area contributed by atoms with Gasteiger partial charge in [-0.3, -0.25) is 4.79 Å². The quantitative estimate of drug-likeness (QED) is 0.768. The molecule has 0 saturated carbocycles. The van der Waals surface area contributed by atoms with E-state index in [1.165, 1.54) is 0 Å². The van der Waals surface area contributed by atoms with Gasteiger partial charge in [-0.15, -0.1) is 0 Å². The molecule has 1 aromatic rings. The van der Waals surface area contributed by atoms with E-state index in [0.717, 1.165) is 30.6 Å². The van der Waals surface area contributed by atoms with Crippen LogP contribution in [-0.4, -0.2) is 32.2 Å². The normalized spacial score (nSPS) is 12.0. The number of carbonyl (C=O) groups excluding carboxylic acids is 1. The summed E-state index contributed by atoms with van der Waals surface area (Å²) < 4.78 is 5.09. The Hall–Kier alpha value is -1.55. The second kappa shape index (κ2) is 8.59. The van der Waals surface area contributed by atoms with Crippen LogP contribution in [0.4, 0.5) is 5.69 Å². The molecule has 1 aromatic carbocycles. The second-order valence-corrected chi connectivity index (χ2v) is 4.99. The number of aryl methyl sites for hydroxylation is 1. The molecular formula is C16H26N2O2. The number of hydrogen-bond acceptors (Lipinski definition) is 3. The molecule has 1 unspecified atom stereocenters. The Balaban J connectivity index is 2.71. The lowest BCUT2D eigenvalue weighted by atomic mass is 10.1. The highest BCUT2D eigenvalue weighted by atomic mass is 16.5. The average Bonchev–Trinajstić information content (AvgIpc) is 2.45. The van der Waals surface area contributed by atoms with Crippen molar-refractivity contribution in [2.45, 2.75) is 39.7 Å². The third-order valence-electron chi connectivity index (χ3n) is 3.25. The number of anilines is 1. The molecule has 0 spiro atoms. The van der Waals surface area contributed by atoms with E-state index in [9.17, 15) is 4.79 Å². The molecule has 4 heteroatoms. The molecule has 1 atom stereocenters. The van der Waals surface area contributed by atoms with Crippen molar-refractivity contribution < 1.29 is 9.53 Å². The second-order valence-electron chi connectivity index (χ2n) is 4.99. The van der Waals surface area contributed by atoms with Crippen molar-refractivity contribution in [2.75, 3.05) is 25.6 Å². The van der Waals surface area contributed by atoms with Gasteiger partial charge in [-0.1, -0.05) is 13.8 Å². The first-order valence-electron chi connectivity index (χ1n) is 7.26. The summed E-state index contributed by atoms with van der Waals surface area (Å²) in [7, 11) is 1.65. The zero-order chi connectivity index (χ0) is 15.0. The van der Waals surface area contributed by atoms with E-state index < -0.39 is 0 Å². The number of ether oxygens (including phenoxy) is 1. The first-order chi connectivity index (χ1) is 9.62. The van der Waals surface area contributed by atoms with Crippen molar-refractivity contribution >= 4 is 11.6 Å². The number of carbonyl (C=O) groups is 1. The lowest BCUT2D eigenvalue weighted by Gasteiger charge is -2.16. The molecule has 0 fully saturated rings. The minimum Gasteiger partial charge on any atom is -0.385 e. The number of hydrogen-bond donors (Lipinski definition) is 2. The molecule has 0 aliphatic rings. The average molecular weight is 278 g/mol. The van der Waals surface area contributed by atoms with Gasteiger partial charge in [0.1, 0.15) is 0 Å². The summed E-state index contributed by atoms with van der Waals surface area (Å²) in [6.07, 6.45) is 1.94. The fraction of sp³-hybridized carbons (Fsp3) is 0.562. The monoisotopic (exact) mass is 278 g/mol. The molecule has 0 bridgehead atoms. The van der Waals surface area contributed by atoms with E-state index in [1.807, 2.05) is 32.0 Å². The highest BCUT2D eigenvalue weighted by molar-refractivity contribution is 5.95. The topological polar surface area (TPSA) is 50.4 Å². The molecule has 20 heavy (non-hydrogen) atoms. The summed E-state index contributed by atoms with van der Waals surface area (Å²) >= 11 is 0. The van der Waals surface area contributed by atoms with Gasteiger partial charge in [0.15, 0.2) is 0 Å². The lowest BCUT2D eigenvalue weighted by molar-refractivity contribution is 0.0894. The van der Waals surface area contributed by atoms with Gasteiger partial charge in [0.05, 0.1) is 12.6 Å². The summed E-state index contributed by atoms with van der Waals surface area (Å²) in [5.41, 5.74) is 2.87. The van der Waals surface area contributed by atoms with Crippen LogP contribution < -0.4 is 10.6 Å². The molecule has 2 N–H and O–H groups in total. The van der Waals surface area contributed by atoms with Crippen LogP contribution in [0.5, 0.6) is 0 Å². The third-order valence-corrected chi connectivity index (χ3v) is 3.25. The first-order valence-corrected chi connectivity index (χ1v) is 7.26. The maximum Gasteiger partial charge on any atom is 0.251 e. The Kier molecular flexibility index (Phi) is 7.09. The molecule has 0 saturated heterocycles. The fourth-order valence-electron chi connectivity index (χ4n) is 1.99. The number of amides is 1. The highest BCUT2D eigenvalue weighted by Gasteiger charge is 2.12. The summed E-state index contributed by atoms with van der Waals surface area (Å²) in [6, 6.07) is 5.81. The minimum atomic E-state index is -0.0426. The van der Waals surface area contributed by atoms with E-state index >= 15 is 0 Å². The van der Waals surface area contributed by atoms with Gasteiger partial charge in [-0.25, -0.2) is 0 Å². The van der Waals surface area contributed by atoms with Gasteiger partial charge < -0.3 is 15.4 Å². The maximum atomic E-state index is 12.2. The predicted octanol–water partition coefficient (Wildman–Crippen LogP) is 2.97. The van der Waals surface area contributed by atoms with Crippen LogP contribution in [0.1, 0.15) is 42.6 Å². The Labute approximate surface area is 121 Å². The smallest absolute Gasteiger partial charge is 0.251 e. The zero-order valence-corrected chi connectivity index (χ0v) is 13.0. The highest BCUT2D eigenvalue weighted by Crippen LogP contribution is 2.16. The Morgan fingerprint density at radius 3 is 2.65 bits per heavy atom. The van der Waals surface area contributed by atoms with Gasteiger partial charge in [-0.05, 0) is 43.5 Å². The van der Waals surface area contributed by atoms with Crippen molar-refractivity contribution in [1.82, 2.24) is 5.32 Å². The SMILES string of the molecule is CCCNc1ccc(C(=O)NC(CC)COC)cc1C. The third kappa shape index (κ3) is 4.85. The van der Waals surface area contributed by atoms with Crippen LogP contribution in [0, 0.1) is 6.92 Å². The van der Waals surface area contributed by atoms with Crippen LogP contribution in [0.25, 0.3) is 0 Å². The lowest BCUT2D eigenvalue weighted by Crippen LogP contribution is -2.37. The molecule has 1 rings (SSSR count). The van der Waals surface area contributed by atoms with Crippen molar-refractivity contribution in [2.24, 2.45) is 0 Å². The number of benzene rings is 1. The summed E-state index contributed by atoms with van der Waals surface area (Å²) in [4.78, 5) is 12.2. The Bertz CT molecular complexity index is 432. The summed E-state index contributed by atoms with van der Waals surface area (Å²) in [6.45, 7) is 7.66. The molecule has 0 radical (unpaired) electrons. The standard InChI is InChI=1S/C16H26N2O2/c1-5-9-17-15-8-7-13(10-12(15)3)16(19)18-14(6-2)11-20-4/h7-8,10,14,17H,5-6,9,11H2,1-4H3,(H,18,19). The van der Waals surface area contributed by atoms with E-state index in [0.29, 0.717) is 12.2 Å². The molecule has 0 heterocycles. The van der Waals surface area contributed by atoms with Gasteiger partial charge >= 0.3 is 0 Å².